The summed E-state index contributed by atoms with van der Waals surface area (Å²) in [5, 5.41) is 3.57. The molecule has 1 saturated carbocycles. The van der Waals surface area contributed by atoms with Crippen molar-refractivity contribution in [3.8, 4) is 0 Å². The van der Waals surface area contributed by atoms with Crippen LogP contribution >= 0.6 is 0 Å². The highest BCUT2D eigenvalue weighted by molar-refractivity contribution is 4.84. The van der Waals surface area contributed by atoms with Crippen molar-refractivity contribution < 1.29 is 4.74 Å². The maximum Gasteiger partial charge on any atom is 0.0590 e. The monoisotopic (exact) mass is 185 g/mol. The van der Waals surface area contributed by atoms with E-state index in [2.05, 4.69) is 19.2 Å². The Hall–Kier alpha value is -0.0800. The van der Waals surface area contributed by atoms with Gasteiger partial charge >= 0.3 is 0 Å². The van der Waals surface area contributed by atoms with E-state index < -0.39 is 0 Å². The number of hydrogen-bond acceptors (Lipinski definition) is 2. The van der Waals surface area contributed by atoms with Gasteiger partial charge in [0.2, 0.25) is 0 Å². The van der Waals surface area contributed by atoms with E-state index in [1.807, 2.05) is 6.92 Å². The number of rotatable bonds is 5. The Morgan fingerprint density at radius 2 is 2.08 bits per heavy atom. The van der Waals surface area contributed by atoms with Crippen LogP contribution in [0.15, 0.2) is 0 Å². The van der Waals surface area contributed by atoms with Crippen molar-refractivity contribution in [2.75, 3.05) is 19.8 Å². The van der Waals surface area contributed by atoms with E-state index in [0.717, 1.165) is 37.6 Å². The zero-order valence-corrected chi connectivity index (χ0v) is 9.18. The van der Waals surface area contributed by atoms with Gasteiger partial charge in [-0.15, -0.1) is 0 Å². The average Bonchev–Trinajstić information content (AvgIpc) is 2.43. The predicted molar refractivity (Wildman–Crippen MR) is 55.8 cm³/mol. The van der Waals surface area contributed by atoms with Crippen molar-refractivity contribution in [3.05, 3.63) is 0 Å². The fraction of sp³-hybridized carbons (Fsp3) is 1.00. The van der Waals surface area contributed by atoms with Crippen LogP contribution in [0.4, 0.5) is 0 Å². The molecule has 0 amide bonds. The second-order valence-corrected chi connectivity index (χ2v) is 4.17. The minimum absolute atomic E-state index is 0.732. The van der Waals surface area contributed by atoms with Crippen LogP contribution in [-0.4, -0.2) is 25.8 Å². The third-order valence-electron chi connectivity index (χ3n) is 3.32. The van der Waals surface area contributed by atoms with E-state index in [1.54, 1.807) is 0 Å². The van der Waals surface area contributed by atoms with Crippen molar-refractivity contribution in [1.29, 1.82) is 0 Å². The lowest BCUT2D eigenvalue weighted by atomic mass is 9.98. The summed E-state index contributed by atoms with van der Waals surface area (Å²) in [5.41, 5.74) is 0. The molecule has 2 nitrogen and oxygen atoms in total. The quantitative estimate of drug-likeness (QED) is 0.662. The minimum Gasteiger partial charge on any atom is -0.380 e. The molecule has 0 aromatic carbocycles. The third-order valence-corrected chi connectivity index (χ3v) is 3.32. The number of ether oxygens (including phenoxy) is 1. The lowest BCUT2D eigenvalue weighted by Gasteiger charge is -2.19. The van der Waals surface area contributed by atoms with Crippen LogP contribution in [0.3, 0.4) is 0 Å². The molecule has 1 aliphatic carbocycles. The van der Waals surface area contributed by atoms with Crippen molar-refractivity contribution in [2.45, 2.75) is 39.7 Å². The van der Waals surface area contributed by atoms with Crippen molar-refractivity contribution in [1.82, 2.24) is 5.32 Å². The van der Waals surface area contributed by atoms with Crippen LogP contribution in [-0.2, 0) is 4.74 Å². The first-order valence-electron chi connectivity index (χ1n) is 5.56. The first-order chi connectivity index (χ1) is 6.25. The fourth-order valence-electron chi connectivity index (χ4n) is 2.11. The van der Waals surface area contributed by atoms with Gasteiger partial charge in [0.15, 0.2) is 0 Å². The van der Waals surface area contributed by atoms with Crippen LogP contribution in [0.1, 0.15) is 33.6 Å². The predicted octanol–water partition coefficient (Wildman–Crippen LogP) is 2.05. The molecule has 0 aliphatic heterocycles. The van der Waals surface area contributed by atoms with Gasteiger partial charge < -0.3 is 10.1 Å². The molecule has 1 N–H and O–H groups in total. The summed E-state index contributed by atoms with van der Waals surface area (Å²) in [6.45, 7) is 9.45. The average molecular weight is 185 g/mol. The molecular formula is C11H23NO. The van der Waals surface area contributed by atoms with Crippen molar-refractivity contribution in [3.63, 3.8) is 0 Å². The SMILES string of the molecule is CCOCCNC1CCC(C)C1C. The molecule has 13 heavy (non-hydrogen) atoms. The molecule has 0 aromatic heterocycles. The molecule has 0 saturated heterocycles. The summed E-state index contributed by atoms with van der Waals surface area (Å²) in [7, 11) is 0. The van der Waals surface area contributed by atoms with Gasteiger partial charge in [0, 0.05) is 19.2 Å². The van der Waals surface area contributed by atoms with E-state index in [1.165, 1.54) is 12.8 Å². The van der Waals surface area contributed by atoms with Crippen molar-refractivity contribution in [2.24, 2.45) is 11.8 Å². The van der Waals surface area contributed by atoms with E-state index in [0.29, 0.717) is 0 Å². The molecule has 0 spiro atoms. The van der Waals surface area contributed by atoms with Crippen LogP contribution in [0.25, 0.3) is 0 Å². The normalized spacial score (nSPS) is 33.9. The molecule has 0 radical (unpaired) electrons. The van der Waals surface area contributed by atoms with Gasteiger partial charge in [-0.2, -0.15) is 0 Å². The Labute approximate surface area is 82.0 Å². The standard InChI is InChI=1S/C11H23NO/c1-4-13-8-7-12-11-6-5-9(2)10(11)3/h9-12H,4-8H2,1-3H3. The summed E-state index contributed by atoms with van der Waals surface area (Å²) in [6.07, 6.45) is 2.72. The zero-order valence-electron chi connectivity index (χ0n) is 9.18. The molecule has 0 heterocycles. The second-order valence-electron chi connectivity index (χ2n) is 4.17. The molecule has 0 bridgehead atoms. The molecular weight excluding hydrogens is 162 g/mol. The number of hydrogen-bond donors (Lipinski definition) is 1. The Morgan fingerprint density at radius 1 is 1.31 bits per heavy atom. The summed E-state index contributed by atoms with van der Waals surface area (Å²) in [5.74, 6) is 1.73. The largest absolute Gasteiger partial charge is 0.380 e. The van der Waals surface area contributed by atoms with E-state index in [4.69, 9.17) is 4.74 Å². The van der Waals surface area contributed by atoms with Crippen molar-refractivity contribution >= 4 is 0 Å². The molecule has 1 aliphatic rings. The molecule has 3 unspecified atom stereocenters. The van der Waals surface area contributed by atoms with Gasteiger partial charge in [-0.1, -0.05) is 13.8 Å². The molecule has 1 fully saturated rings. The van der Waals surface area contributed by atoms with Crippen LogP contribution in [0, 0.1) is 11.8 Å². The van der Waals surface area contributed by atoms with Gasteiger partial charge in [-0.25, -0.2) is 0 Å². The summed E-state index contributed by atoms with van der Waals surface area (Å²) >= 11 is 0. The maximum absolute atomic E-state index is 5.29. The Morgan fingerprint density at radius 3 is 2.62 bits per heavy atom. The van der Waals surface area contributed by atoms with Crippen LogP contribution in [0.2, 0.25) is 0 Å². The topological polar surface area (TPSA) is 21.3 Å². The highest BCUT2D eigenvalue weighted by atomic mass is 16.5. The van der Waals surface area contributed by atoms with E-state index in [-0.39, 0.29) is 0 Å². The van der Waals surface area contributed by atoms with Crippen LogP contribution in [0.5, 0.6) is 0 Å². The van der Waals surface area contributed by atoms with Gasteiger partial charge in [0.05, 0.1) is 6.61 Å². The Balaban J connectivity index is 2.08. The first-order valence-corrected chi connectivity index (χ1v) is 5.56. The van der Waals surface area contributed by atoms with E-state index in [9.17, 15) is 0 Å². The smallest absolute Gasteiger partial charge is 0.0590 e. The number of nitrogens with one attached hydrogen (secondary N) is 1. The van der Waals surface area contributed by atoms with E-state index >= 15 is 0 Å². The highest BCUT2D eigenvalue weighted by Crippen LogP contribution is 2.30. The maximum atomic E-state index is 5.29. The minimum atomic E-state index is 0.732. The molecule has 0 aromatic rings. The van der Waals surface area contributed by atoms with Gasteiger partial charge in [-0.05, 0) is 31.6 Å². The van der Waals surface area contributed by atoms with Crippen LogP contribution < -0.4 is 5.32 Å². The summed E-state index contributed by atoms with van der Waals surface area (Å²) < 4.78 is 5.29. The highest BCUT2D eigenvalue weighted by Gasteiger charge is 2.28. The molecule has 3 atom stereocenters. The molecule has 78 valence electrons. The Kier molecular flexibility index (Phi) is 4.74. The van der Waals surface area contributed by atoms with Gasteiger partial charge in [0.1, 0.15) is 0 Å². The molecule has 2 heteroatoms. The second kappa shape index (κ2) is 5.61. The third kappa shape index (κ3) is 3.28. The Bertz CT molecular complexity index is 138. The zero-order chi connectivity index (χ0) is 9.68. The lowest BCUT2D eigenvalue weighted by Crippen LogP contribution is -2.34. The summed E-state index contributed by atoms with van der Waals surface area (Å²) in [6, 6.07) is 0.732. The van der Waals surface area contributed by atoms with Gasteiger partial charge in [0.25, 0.3) is 0 Å². The van der Waals surface area contributed by atoms with Gasteiger partial charge in [-0.3, -0.25) is 0 Å². The lowest BCUT2D eigenvalue weighted by molar-refractivity contribution is 0.145. The fourth-order valence-corrected chi connectivity index (χ4v) is 2.11. The molecule has 1 rings (SSSR count). The summed E-state index contributed by atoms with van der Waals surface area (Å²) in [4.78, 5) is 0. The first kappa shape index (κ1) is 11.0.